The summed E-state index contributed by atoms with van der Waals surface area (Å²) in [7, 11) is 0. The molecule has 0 bridgehead atoms. The van der Waals surface area contributed by atoms with Crippen molar-refractivity contribution in [1.29, 1.82) is 5.26 Å². The fourth-order valence-corrected chi connectivity index (χ4v) is 1.13. The van der Waals surface area contributed by atoms with Gasteiger partial charge in [-0.05, 0) is 29.8 Å². The molecule has 0 saturated carbocycles. The van der Waals surface area contributed by atoms with Gasteiger partial charge in [-0.25, -0.2) is 0 Å². The van der Waals surface area contributed by atoms with Crippen LogP contribution in [0, 0.1) is 11.3 Å². The number of hydrogen-bond acceptors (Lipinski definition) is 1. The summed E-state index contributed by atoms with van der Waals surface area (Å²) < 4.78 is 0. The minimum atomic E-state index is 0.589. The lowest BCUT2D eigenvalue weighted by atomic mass is 10.2. The van der Waals surface area contributed by atoms with E-state index in [2.05, 4.69) is 0 Å². The van der Waals surface area contributed by atoms with Gasteiger partial charge in [-0.2, -0.15) is 5.26 Å². The van der Waals surface area contributed by atoms with E-state index in [1.807, 2.05) is 6.07 Å². The van der Waals surface area contributed by atoms with E-state index in [9.17, 15) is 0 Å². The molecule has 60 valence electrons. The molecule has 1 aromatic rings. The Hall–Kier alpha value is -0.970. The third kappa shape index (κ3) is 2.27. The molecule has 0 unspecified atom stereocenters. The third-order valence-corrected chi connectivity index (χ3v) is 1.87. The topological polar surface area (TPSA) is 23.8 Å². The van der Waals surface area contributed by atoms with Crippen LogP contribution in [0.5, 0.6) is 0 Å². The number of nitriles is 1. The van der Waals surface area contributed by atoms with Gasteiger partial charge in [-0.1, -0.05) is 23.2 Å². The van der Waals surface area contributed by atoms with E-state index in [1.54, 1.807) is 24.3 Å². The molecule has 1 rings (SSSR count). The van der Waals surface area contributed by atoms with Crippen molar-refractivity contribution in [2.45, 2.75) is 0 Å². The molecule has 0 aliphatic heterocycles. The highest BCUT2D eigenvalue weighted by Gasteiger charge is 1.96. The van der Waals surface area contributed by atoms with Crippen molar-refractivity contribution in [1.82, 2.24) is 0 Å². The van der Waals surface area contributed by atoms with Gasteiger partial charge in [0.15, 0.2) is 0 Å². The van der Waals surface area contributed by atoms with Crippen molar-refractivity contribution in [3.05, 3.63) is 39.9 Å². The molecule has 0 atom stereocenters. The van der Waals surface area contributed by atoms with Gasteiger partial charge in [-0.15, -0.1) is 0 Å². The molecular formula is C9H5Cl2N. The van der Waals surface area contributed by atoms with Crippen molar-refractivity contribution in [3.8, 4) is 6.07 Å². The Morgan fingerprint density at radius 3 is 2.75 bits per heavy atom. The van der Waals surface area contributed by atoms with Gasteiger partial charge >= 0.3 is 0 Å². The van der Waals surface area contributed by atoms with Crippen LogP contribution in [0.1, 0.15) is 5.56 Å². The van der Waals surface area contributed by atoms with Crippen LogP contribution in [0.4, 0.5) is 0 Å². The highest BCUT2D eigenvalue weighted by molar-refractivity contribution is 6.34. The highest BCUT2D eigenvalue weighted by atomic mass is 35.5. The first kappa shape index (κ1) is 9.12. The maximum atomic E-state index is 8.27. The van der Waals surface area contributed by atoms with Crippen molar-refractivity contribution < 1.29 is 0 Å². The molecule has 3 heteroatoms. The van der Waals surface area contributed by atoms with Gasteiger partial charge in [0.25, 0.3) is 0 Å². The van der Waals surface area contributed by atoms with Crippen LogP contribution in [0.25, 0.3) is 6.08 Å². The predicted octanol–water partition coefficient (Wildman–Crippen LogP) is 3.53. The van der Waals surface area contributed by atoms with E-state index in [1.165, 1.54) is 6.08 Å². The quantitative estimate of drug-likeness (QED) is 0.633. The Morgan fingerprint density at radius 2 is 2.08 bits per heavy atom. The largest absolute Gasteiger partial charge is 0.193 e. The second kappa shape index (κ2) is 4.15. The minimum absolute atomic E-state index is 0.589. The van der Waals surface area contributed by atoms with Gasteiger partial charge in [0, 0.05) is 16.1 Å². The summed E-state index contributed by atoms with van der Waals surface area (Å²) in [5.41, 5.74) is 0.755. The average molecular weight is 198 g/mol. The van der Waals surface area contributed by atoms with Crippen LogP contribution in [0.15, 0.2) is 24.3 Å². The lowest BCUT2D eigenvalue weighted by Gasteiger charge is -1.96. The molecule has 0 spiro atoms. The van der Waals surface area contributed by atoms with Gasteiger partial charge in [0.2, 0.25) is 0 Å². The number of hydrogen-bond donors (Lipinski definition) is 0. The summed E-state index contributed by atoms with van der Waals surface area (Å²) in [6.07, 6.45) is 2.98. The summed E-state index contributed by atoms with van der Waals surface area (Å²) in [6, 6.07) is 6.98. The molecule has 1 nitrogen and oxygen atoms in total. The van der Waals surface area contributed by atoms with E-state index >= 15 is 0 Å². The summed E-state index contributed by atoms with van der Waals surface area (Å²) in [5.74, 6) is 0. The smallest absolute Gasteiger partial charge is 0.0912 e. The van der Waals surface area contributed by atoms with Crippen LogP contribution >= 0.6 is 23.2 Å². The Kier molecular flexibility index (Phi) is 3.16. The van der Waals surface area contributed by atoms with Gasteiger partial charge in [0.05, 0.1) is 6.07 Å². The normalized spacial score (nSPS) is 10.1. The molecule has 0 N–H and O–H groups in total. The number of nitrogens with zero attached hydrogens (tertiary/aromatic N) is 1. The average Bonchev–Trinajstić information content (AvgIpc) is 2.07. The van der Waals surface area contributed by atoms with Crippen LogP contribution in [0.3, 0.4) is 0 Å². The first-order valence-electron chi connectivity index (χ1n) is 3.25. The summed E-state index contributed by atoms with van der Waals surface area (Å²) in [6.45, 7) is 0. The standard InChI is InChI=1S/C9H5Cl2N/c10-8-3-4-9(11)7(6-8)2-1-5-12/h1-4,6H/b2-1+. The fourth-order valence-electron chi connectivity index (χ4n) is 0.769. The molecule has 0 aliphatic carbocycles. The Morgan fingerprint density at radius 1 is 1.33 bits per heavy atom. The molecule has 0 radical (unpaired) electrons. The Balaban J connectivity index is 3.07. The molecule has 0 aliphatic rings. The predicted molar refractivity (Wildman–Crippen MR) is 51.1 cm³/mol. The second-order valence-electron chi connectivity index (χ2n) is 2.13. The Bertz CT molecular complexity index is 350. The number of benzene rings is 1. The Labute approximate surface area is 80.8 Å². The summed E-state index contributed by atoms with van der Waals surface area (Å²) >= 11 is 11.5. The molecule has 0 fully saturated rings. The van der Waals surface area contributed by atoms with Crippen LogP contribution < -0.4 is 0 Å². The van der Waals surface area contributed by atoms with Crippen molar-refractivity contribution in [2.75, 3.05) is 0 Å². The SMILES string of the molecule is N#C/C=C/c1cc(Cl)ccc1Cl. The molecule has 1 aromatic carbocycles. The van der Waals surface area contributed by atoms with Gasteiger partial charge in [0.1, 0.15) is 0 Å². The van der Waals surface area contributed by atoms with Crippen LogP contribution in [-0.4, -0.2) is 0 Å². The van der Waals surface area contributed by atoms with E-state index < -0.39 is 0 Å². The first-order chi connectivity index (χ1) is 5.74. The van der Waals surface area contributed by atoms with Crippen LogP contribution in [-0.2, 0) is 0 Å². The number of rotatable bonds is 1. The van der Waals surface area contributed by atoms with Crippen molar-refractivity contribution >= 4 is 29.3 Å². The molecule has 12 heavy (non-hydrogen) atoms. The van der Waals surface area contributed by atoms with Gasteiger partial charge in [-0.3, -0.25) is 0 Å². The van der Waals surface area contributed by atoms with Crippen LogP contribution in [0.2, 0.25) is 10.0 Å². The van der Waals surface area contributed by atoms with E-state index in [0.717, 1.165) is 5.56 Å². The highest BCUT2D eigenvalue weighted by Crippen LogP contribution is 2.21. The van der Waals surface area contributed by atoms with E-state index in [-0.39, 0.29) is 0 Å². The zero-order valence-electron chi connectivity index (χ0n) is 6.09. The zero-order chi connectivity index (χ0) is 8.97. The van der Waals surface area contributed by atoms with E-state index in [0.29, 0.717) is 10.0 Å². The summed E-state index contributed by atoms with van der Waals surface area (Å²) in [5, 5.41) is 9.47. The van der Waals surface area contributed by atoms with Crippen molar-refractivity contribution in [3.63, 3.8) is 0 Å². The maximum Gasteiger partial charge on any atom is 0.0912 e. The number of allylic oxidation sites excluding steroid dienone is 1. The van der Waals surface area contributed by atoms with Gasteiger partial charge < -0.3 is 0 Å². The molecule has 0 heterocycles. The zero-order valence-corrected chi connectivity index (χ0v) is 7.60. The maximum absolute atomic E-state index is 8.27. The minimum Gasteiger partial charge on any atom is -0.193 e. The molecular weight excluding hydrogens is 193 g/mol. The molecule has 0 amide bonds. The number of halogens is 2. The summed E-state index contributed by atoms with van der Waals surface area (Å²) in [4.78, 5) is 0. The molecule has 0 aromatic heterocycles. The lowest BCUT2D eigenvalue weighted by Crippen LogP contribution is -1.74. The van der Waals surface area contributed by atoms with Crippen molar-refractivity contribution in [2.24, 2.45) is 0 Å². The second-order valence-corrected chi connectivity index (χ2v) is 2.97. The lowest BCUT2D eigenvalue weighted by molar-refractivity contribution is 1.54. The third-order valence-electron chi connectivity index (χ3n) is 1.30. The molecule has 0 saturated heterocycles. The monoisotopic (exact) mass is 197 g/mol. The van der Waals surface area contributed by atoms with E-state index in [4.69, 9.17) is 28.5 Å². The first-order valence-corrected chi connectivity index (χ1v) is 4.01. The fraction of sp³-hybridized carbons (Fsp3) is 0.